The highest BCUT2D eigenvalue weighted by atomic mass is 127. The molecule has 0 radical (unpaired) electrons. The van der Waals surface area contributed by atoms with E-state index in [0.717, 1.165) is 48.5 Å². The van der Waals surface area contributed by atoms with Gasteiger partial charge >= 0.3 is 5.97 Å². The van der Waals surface area contributed by atoms with Gasteiger partial charge < -0.3 is 4.74 Å². The Labute approximate surface area is 210 Å². The number of carbonyl (C=O) groups is 3. The van der Waals surface area contributed by atoms with E-state index in [1.807, 2.05) is 24.3 Å². The smallest absolute Gasteiger partial charge is 0.338 e. The van der Waals surface area contributed by atoms with Crippen molar-refractivity contribution in [3.63, 3.8) is 0 Å². The minimum Gasteiger partial charge on any atom is -0.459 e. The molecule has 33 heavy (non-hydrogen) atoms. The molecule has 5 heteroatoms. The number of ether oxygens (including phenoxy) is 1. The van der Waals surface area contributed by atoms with Gasteiger partial charge in [0.2, 0.25) is 0 Å². The topological polar surface area (TPSA) is 60.4 Å². The zero-order valence-corrected chi connectivity index (χ0v) is 22.1. The van der Waals surface area contributed by atoms with Crippen LogP contribution in [-0.2, 0) is 14.3 Å². The van der Waals surface area contributed by atoms with E-state index in [2.05, 4.69) is 36.4 Å². The second-order valence-corrected chi connectivity index (χ2v) is 13.0. The lowest BCUT2D eigenvalue weighted by Gasteiger charge is -2.59. The van der Waals surface area contributed by atoms with Crippen LogP contribution >= 0.6 is 22.6 Å². The van der Waals surface area contributed by atoms with Crippen molar-refractivity contribution in [1.29, 1.82) is 0 Å². The second-order valence-electron chi connectivity index (χ2n) is 11.7. The summed E-state index contributed by atoms with van der Waals surface area (Å²) in [7, 11) is 0. The number of hydrogen-bond donors (Lipinski definition) is 0. The van der Waals surface area contributed by atoms with Crippen LogP contribution in [0.4, 0.5) is 0 Å². The quantitative estimate of drug-likeness (QED) is 0.323. The zero-order valence-electron chi connectivity index (χ0n) is 19.9. The first-order chi connectivity index (χ1) is 15.6. The SMILES string of the molecule is CC(=O)[C@H]1CC[C@@H]2[C@H]3CC[C@@H]4C[C@H](OC(=O)c5cccc(I)c5)CC[C@]4(C)[C@H]3C(=O)C[C@]12C. The lowest BCUT2D eigenvalue weighted by molar-refractivity contribution is -0.162. The third-order valence-electron chi connectivity index (χ3n) is 10.1. The number of Topliss-reactive ketones (excluding diaryl/α,β-unsaturated/α-hetero) is 2. The van der Waals surface area contributed by atoms with Gasteiger partial charge in [-0.2, -0.15) is 0 Å². The van der Waals surface area contributed by atoms with Crippen LogP contribution in [0.1, 0.15) is 82.5 Å². The fourth-order valence-electron chi connectivity index (χ4n) is 8.64. The molecular weight excluding hydrogens is 527 g/mol. The van der Waals surface area contributed by atoms with E-state index in [4.69, 9.17) is 4.74 Å². The molecule has 0 aromatic heterocycles. The number of carbonyl (C=O) groups excluding carboxylic acids is 3. The highest BCUT2D eigenvalue weighted by Crippen LogP contribution is 2.66. The molecule has 0 saturated heterocycles. The molecule has 0 unspecified atom stereocenters. The van der Waals surface area contributed by atoms with E-state index >= 15 is 0 Å². The Morgan fingerprint density at radius 2 is 1.85 bits per heavy atom. The Kier molecular flexibility index (Phi) is 6.02. The Balaban J connectivity index is 1.32. The Hall–Kier alpha value is -1.24. The van der Waals surface area contributed by atoms with Crippen molar-refractivity contribution >= 4 is 40.1 Å². The second kappa shape index (κ2) is 8.46. The molecule has 0 bridgehead atoms. The van der Waals surface area contributed by atoms with Crippen molar-refractivity contribution in [2.24, 2.45) is 40.4 Å². The summed E-state index contributed by atoms with van der Waals surface area (Å²) in [6.07, 6.45) is 7.33. The van der Waals surface area contributed by atoms with Crippen molar-refractivity contribution in [3.8, 4) is 0 Å². The molecule has 1 aromatic rings. The lowest BCUT2D eigenvalue weighted by atomic mass is 9.44. The van der Waals surface area contributed by atoms with Gasteiger partial charge in [0.1, 0.15) is 17.7 Å². The van der Waals surface area contributed by atoms with E-state index in [-0.39, 0.29) is 40.5 Å². The Bertz CT molecular complexity index is 988. The average Bonchev–Trinajstić information content (AvgIpc) is 3.10. The maximum absolute atomic E-state index is 13.7. The normalized spacial score (nSPS) is 42.1. The number of benzene rings is 1. The fourth-order valence-corrected chi connectivity index (χ4v) is 9.19. The third-order valence-corrected chi connectivity index (χ3v) is 10.8. The monoisotopic (exact) mass is 562 g/mol. The highest BCUT2D eigenvalue weighted by molar-refractivity contribution is 14.1. The molecule has 4 saturated carbocycles. The van der Waals surface area contributed by atoms with Gasteiger partial charge in [-0.05, 0) is 121 Å². The molecule has 0 N–H and O–H groups in total. The van der Waals surface area contributed by atoms with Crippen LogP contribution in [0.5, 0.6) is 0 Å². The van der Waals surface area contributed by atoms with Gasteiger partial charge in [-0.1, -0.05) is 19.9 Å². The van der Waals surface area contributed by atoms with E-state index in [9.17, 15) is 14.4 Å². The van der Waals surface area contributed by atoms with Crippen LogP contribution in [-0.4, -0.2) is 23.6 Å². The van der Waals surface area contributed by atoms with Gasteiger partial charge in [0.15, 0.2) is 0 Å². The predicted octanol–water partition coefficient (Wildman–Crippen LogP) is 6.24. The first kappa shape index (κ1) is 23.5. The predicted molar refractivity (Wildman–Crippen MR) is 135 cm³/mol. The maximum atomic E-state index is 13.7. The van der Waals surface area contributed by atoms with Gasteiger partial charge in [0.25, 0.3) is 0 Å². The molecule has 4 aliphatic carbocycles. The molecule has 4 fully saturated rings. The Morgan fingerprint density at radius 3 is 2.58 bits per heavy atom. The number of esters is 1. The molecule has 0 heterocycles. The first-order valence-electron chi connectivity index (χ1n) is 12.6. The molecule has 1 aromatic carbocycles. The maximum Gasteiger partial charge on any atom is 0.338 e. The summed E-state index contributed by atoms with van der Waals surface area (Å²) in [5.41, 5.74) is 0.454. The van der Waals surface area contributed by atoms with Crippen LogP contribution < -0.4 is 0 Å². The molecule has 4 aliphatic rings. The van der Waals surface area contributed by atoms with Gasteiger partial charge in [0.05, 0.1) is 5.56 Å². The summed E-state index contributed by atoms with van der Waals surface area (Å²) in [5, 5.41) is 0. The molecular formula is C28H35IO4. The van der Waals surface area contributed by atoms with Gasteiger partial charge in [-0.25, -0.2) is 4.79 Å². The van der Waals surface area contributed by atoms with Crippen LogP contribution in [0.15, 0.2) is 24.3 Å². The highest BCUT2D eigenvalue weighted by Gasteiger charge is 2.63. The third kappa shape index (κ3) is 3.81. The van der Waals surface area contributed by atoms with Crippen molar-refractivity contribution in [1.82, 2.24) is 0 Å². The molecule has 0 amide bonds. The molecule has 178 valence electrons. The van der Waals surface area contributed by atoms with Crippen LogP contribution in [0.25, 0.3) is 0 Å². The molecule has 4 nitrogen and oxygen atoms in total. The summed E-state index contributed by atoms with van der Waals surface area (Å²) in [4.78, 5) is 38.8. The number of hydrogen-bond acceptors (Lipinski definition) is 4. The number of ketones is 2. The van der Waals surface area contributed by atoms with E-state index in [1.165, 1.54) is 0 Å². The summed E-state index contributed by atoms with van der Waals surface area (Å²) in [6.45, 7) is 6.27. The number of rotatable bonds is 3. The summed E-state index contributed by atoms with van der Waals surface area (Å²) >= 11 is 2.21. The molecule has 0 aliphatic heterocycles. The Morgan fingerprint density at radius 1 is 1.06 bits per heavy atom. The van der Waals surface area contributed by atoms with Crippen LogP contribution in [0.3, 0.4) is 0 Å². The molecule has 8 atom stereocenters. The van der Waals surface area contributed by atoms with Gasteiger partial charge in [-0.15, -0.1) is 0 Å². The minimum absolute atomic E-state index is 0.0132. The summed E-state index contributed by atoms with van der Waals surface area (Å²) in [5.74, 6) is 1.90. The van der Waals surface area contributed by atoms with Crippen molar-refractivity contribution in [2.75, 3.05) is 0 Å². The minimum atomic E-state index is -0.235. The zero-order chi connectivity index (χ0) is 23.5. The lowest BCUT2D eigenvalue weighted by Crippen LogP contribution is -2.58. The van der Waals surface area contributed by atoms with E-state index in [1.54, 1.807) is 6.92 Å². The van der Waals surface area contributed by atoms with Crippen molar-refractivity contribution in [2.45, 2.75) is 78.2 Å². The van der Waals surface area contributed by atoms with Crippen LogP contribution in [0.2, 0.25) is 0 Å². The standard InChI is InChI=1S/C28H35IO4/c1-16(30)22-9-10-23-21-8-7-18-14-20(33-26(32)17-5-4-6-19(29)13-17)11-12-27(18,2)25(21)24(31)15-28(22,23)3/h4-6,13,18,20-23,25H,7-12,14-15H2,1-3H3/t18-,20-,21-,22-,23-,25-,27+,28-/m1/s1. The van der Waals surface area contributed by atoms with Gasteiger partial charge in [-0.3, -0.25) is 9.59 Å². The van der Waals surface area contributed by atoms with Crippen LogP contribution in [0, 0.1) is 44.0 Å². The molecule has 0 spiro atoms. The summed E-state index contributed by atoms with van der Waals surface area (Å²) < 4.78 is 6.98. The number of halogens is 1. The van der Waals surface area contributed by atoms with Crippen molar-refractivity contribution in [3.05, 3.63) is 33.4 Å². The van der Waals surface area contributed by atoms with E-state index < -0.39 is 0 Å². The summed E-state index contributed by atoms with van der Waals surface area (Å²) in [6, 6.07) is 7.54. The van der Waals surface area contributed by atoms with Gasteiger partial charge in [0, 0.05) is 21.8 Å². The van der Waals surface area contributed by atoms with Crippen molar-refractivity contribution < 1.29 is 19.1 Å². The number of fused-ring (bicyclic) bond motifs is 5. The largest absolute Gasteiger partial charge is 0.459 e. The fraction of sp³-hybridized carbons (Fsp3) is 0.679. The van der Waals surface area contributed by atoms with E-state index in [0.29, 0.717) is 35.5 Å². The first-order valence-corrected chi connectivity index (χ1v) is 13.7. The molecule has 5 rings (SSSR count). The average molecular weight is 562 g/mol.